The van der Waals surface area contributed by atoms with E-state index in [1.54, 1.807) is 17.0 Å². The van der Waals surface area contributed by atoms with E-state index in [1.165, 1.54) is 18.3 Å². The maximum Gasteiger partial charge on any atom is 0.416 e. The van der Waals surface area contributed by atoms with Crippen LogP contribution in [0.25, 0.3) is 0 Å². The first-order valence-corrected chi connectivity index (χ1v) is 10.9. The van der Waals surface area contributed by atoms with E-state index < -0.39 is 11.7 Å². The second-order valence-corrected chi connectivity index (χ2v) is 7.66. The number of anilines is 1. The molecule has 6 nitrogen and oxygen atoms in total. The SMILES string of the molecule is CC.O=C1C(N2CCN(c3ccc(O)cn3)CC2)CCN1Cc1ccc(C(F)(F)F)cc1. The van der Waals surface area contributed by atoms with Crippen molar-refractivity contribution in [3.63, 3.8) is 0 Å². The van der Waals surface area contributed by atoms with Crippen LogP contribution in [0.5, 0.6) is 5.75 Å². The van der Waals surface area contributed by atoms with Crippen LogP contribution in [0, 0.1) is 0 Å². The molecule has 2 aliphatic heterocycles. The molecule has 3 heterocycles. The van der Waals surface area contributed by atoms with Crippen LogP contribution in [0.2, 0.25) is 0 Å². The molecule has 1 aromatic carbocycles. The number of rotatable bonds is 4. The van der Waals surface area contributed by atoms with Crippen molar-refractivity contribution >= 4 is 11.7 Å². The lowest BCUT2D eigenvalue weighted by Crippen LogP contribution is -2.52. The van der Waals surface area contributed by atoms with Gasteiger partial charge < -0.3 is 14.9 Å². The fraction of sp³-hybridized carbons (Fsp3) is 0.478. The summed E-state index contributed by atoms with van der Waals surface area (Å²) in [6.07, 6.45) is -2.22. The van der Waals surface area contributed by atoms with Gasteiger partial charge in [-0.1, -0.05) is 26.0 Å². The summed E-state index contributed by atoms with van der Waals surface area (Å²) in [6.45, 7) is 7.86. The van der Waals surface area contributed by atoms with E-state index in [0.29, 0.717) is 18.7 Å². The zero-order valence-corrected chi connectivity index (χ0v) is 18.3. The molecule has 32 heavy (non-hydrogen) atoms. The lowest BCUT2D eigenvalue weighted by molar-refractivity contribution is -0.137. The number of piperazine rings is 1. The number of pyridine rings is 1. The van der Waals surface area contributed by atoms with Gasteiger partial charge in [0.25, 0.3) is 0 Å². The molecule has 0 saturated carbocycles. The third kappa shape index (κ3) is 5.51. The third-order valence-electron chi connectivity index (χ3n) is 5.74. The van der Waals surface area contributed by atoms with Crippen molar-refractivity contribution < 1.29 is 23.1 Å². The molecule has 0 radical (unpaired) electrons. The molecule has 0 spiro atoms. The maximum absolute atomic E-state index is 12.9. The van der Waals surface area contributed by atoms with Gasteiger partial charge in [-0.05, 0) is 36.2 Å². The fourth-order valence-electron chi connectivity index (χ4n) is 4.07. The van der Waals surface area contributed by atoms with E-state index in [1.807, 2.05) is 13.8 Å². The van der Waals surface area contributed by atoms with Gasteiger partial charge in [0, 0.05) is 39.3 Å². The highest BCUT2D eigenvalue weighted by molar-refractivity contribution is 5.84. The molecule has 1 N–H and O–H groups in total. The average molecular weight is 451 g/mol. The molecule has 1 aromatic heterocycles. The zero-order chi connectivity index (χ0) is 23.3. The topological polar surface area (TPSA) is 59.9 Å². The van der Waals surface area contributed by atoms with E-state index in [0.717, 1.165) is 50.6 Å². The van der Waals surface area contributed by atoms with E-state index in [2.05, 4.69) is 14.8 Å². The van der Waals surface area contributed by atoms with Gasteiger partial charge in [-0.2, -0.15) is 13.2 Å². The predicted molar refractivity (Wildman–Crippen MR) is 116 cm³/mol. The standard InChI is InChI=1S/C21H23F3N4O2.C2H6/c22-21(23,24)16-3-1-15(2-4-16)14-28-8-7-18(20(28)30)26-9-11-27(12-10-26)19-6-5-17(29)13-25-19;1-2/h1-6,13,18,29H,7-12,14H2;1-2H3. The van der Waals surface area contributed by atoms with Crippen LogP contribution in [0.3, 0.4) is 0 Å². The number of hydrogen-bond acceptors (Lipinski definition) is 5. The number of carbonyl (C=O) groups is 1. The van der Waals surface area contributed by atoms with Crippen LogP contribution in [-0.4, -0.2) is 64.6 Å². The molecule has 2 fully saturated rings. The summed E-state index contributed by atoms with van der Waals surface area (Å²) in [7, 11) is 0. The first-order chi connectivity index (χ1) is 15.3. The summed E-state index contributed by atoms with van der Waals surface area (Å²) in [5, 5.41) is 9.37. The highest BCUT2D eigenvalue weighted by atomic mass is 19.4. The molecule has 1 amide bonds. The Bertz CT molecular complexity index is 880. The van der Waals surface area contributed by atoms with Gasteiger partial charge in [-0.15, -0.1) is 0 Å². The van der Waals surface area contributed by atoms with E-state index in [-0.39, 0.29) is 17.7 Å². The number of carbonyl (C=O) groups excluding carboxylic acids is 1. The Morgan fingerprint density at radius 1 is 1.00 bits per heavy atom. The van der Waals surface area contributed by atoms with Crippen molar-refractivity contribution in [3.05, 3.63) is 53.7 Å². The third-order valence-corrected chi connectivity index (χ3v) is 5.74. The number of aromatic nitrogens is 1. The van der Waals surface area contributed by atoms with Crippen molar-refractivity contribution in [1.29, 1.82) is 0 Å². The van der Waals surface area contributed by atoms with Crippen LogP contribution >= 0.6 is 0 Å². The highest BCUT2D eigenvalue weighted by Crippen LogP contribution is 2.29. The minimum absolute atomic E-state index is 0.0334. The first kappa shape index (κ1) is 23.8. The number of benzene rings is 1. The van der Waals surface area contributed by atoms with Gasteiger partial charge >= 0.3 is 6.18 Å². The first-order valence-electron chi connectivity index (χ1n) is 10.9. The van der Waals surface area contributed by atoms with Crippen LogP contribution < -0.4 is 4.90 Å². The van der Waals surface area contributed by atoms with E-state index >= 15 is 0 Å². The Morgan fingerprint density at radius 3 is 2.22 bits per heavy atom. The minimum atomic E-state index is -4.36. The minimum Gasteiger partial charge on any atom is -0.506 e. The number of amides is 1. The molecule has 2 aliphatic rings. The summed E-state index contributed by atoms with van der Waals surface area (Å²) in [6, 6.07) is 8.19. The predicted octanol–water partition coefficient (Wildman–Crippen LogP) is 3.76. The normalized spacial score (nSPS) is 19.7. The van der Waals surface area contributed by atoms with E-state index in [4.69, 9.17) is 0 Å². The quantitative estimate of drug-likeness (QED) is 0.769. The van der Waals surface area contributed by atoms with E-state index in [9.17, 15) is 23.1 Å². The molecular formula is C23H29F3N4O2. The molecule has 0 aliphatic carbocycles. The highest BCUT2D eigenvalue weighted by Gasteiger charge is 2.37. The largest absolute Gasteiger partial charge is 0.506 e. The molecule has 0 bridgehead atoms. The van der Waals surface area contributed by atoms with Gasteiger partial charge in [-0.25, -0.2) is 4.98 Å². The van der Waals surface area contributed by atoms with Gasteiger partial charge in [0.2, 0.25) is 5.91 Å². The van der Waals surface area contributed by atoms with Crippen molar-refractivity contribution in [1.82, 2.24) is 14.8 Å². The average Bonchev–Trinajstić information content (AvgIpc) is 3.15. The van der Waals surface area contributed by atoms with Gasteiger partial charge in [-0.3, -0.25) is 9.69 Å². The van der Waals surface area contributed by atoms with Crippen molar-refractivity contribution in [2.75, 3.05) is 37.6 Å². The number of alkyl halides is 3. The Morgan fingerprint density at radius 2 is 1.66 bits per heavy atom. The zero-order valence-electron chi connectivity index (χ0n) is 18.3. The number of aromatic hydroxyl groups is 1. The van der Waals surface area contributed by atoms with Crippen molar-refractivity contribution in [2.45, 2.75) is 39.0 Å². The fourth-order valence-corrected chi connectivity index (χ4v) is 4.07. The van der Waals surface area contributed by atoms with Crippen molar-refractivity contribution in [2.24, 2.45) is 0 Å². The number of halogens is 3. The van der Waals surface area contributed by atoms with Crippen molar-refractivity contribution in [3.8, 4) is 5.75 Å². The van der Waals surface area contributed by atoms with Crippen LogP contribution in [0.4, 0.5) is 19.0 Å². The summed E-state index contributed by atoms with van der Waals surface area (Å²) in [4.78, 5) is 23.1. The summed E-state index contributed by atoms with van der Waals surface area (Å²) >= 11 is 0. The van der Waals surface area contributed by atoms with Crippen LogP contribution in [0.15, 0.2) is 42.6 Å². The lowest BCUT2D eigenvalue weighted by atomic mass is 10.1. The van der Waals surface area contributed by atoms with Crippen LogP contribution in [0.1, 0.15) is 31.4 Å². The molecule has 2 saturated heterocycles. The van der Waals surface area contributed by atoms with Crippen LogP contribution in [-0.2, 0) is 17.5 Å². The maximum atomic E-state index is 12.9. The Labute approximate surface area is 186 Å². The molecule has 1 atom stereocenters. The van der Waals surface area contributed by atoms with Gasteiger partial charge in [0.05, 0.1) is 17.8 Å². The molecule has 4 rings (SSSR count). The number of likely N-dealkylation sites (tertiary alicyclic amines) is 1. The Kier molecular flexibility index (Phi) is 7.60. The lowest BCUT2D eigenvalue weighted by Gasteiger charge is -2.37. The van der Waals surface area contributed by atoms with Gasteiger partial charge in [0.1, 0.15) is 11.6 Å². The Balaban J connectivity index is 0.00000141. The Hall–Kier alpha value is -2.81. The molecule has 174 valence electrons. The monoisotopic (exact) mass is 450 g/mol. The smallest absolute Gasteiger partial charge is 0.416 e. The molecule has 9 heteroatoms. The molecule has 1 unspecified atom stereocenters. The number of nitrogens with zero attached hydrogens (tertiary/aromatic N) is 4. The second-order valence-electron chi connectivity index (χ2n) is 7.66. The summed E-state index contributed by atoms with van der Waals surface area (Å²) in [5.74, 6) is 0.960. The summed E-state index contributed by atoms with van der Waals surface area (Å²) in [5.41, 5.74) is 0.0121. The summed E-state index contributed by atoms with van der Waals surface area (Å²) < 4.78 is 38.1. The molecule has 2 aromatic rings. The van der Waals surface area contributed by atoms with Gasteiger partial charge in [0.15, 0.2) is 0 Å². The second kappa shape index (κ2) is 10.2. The number of hydrogen-bond donors (Lipinski definition) is 1. The molecular weight excluding hydrogens is 421 g/mol.